The summed E-state index contributed by atoms with van der Waals surface area (Å²) in [5, 5.41) is 0. The van der Waals surface area contributed by atoms with Crippen molar-refractivity contribution < 1.29 is 9.59 Å². The first-order valence-corrected chi connectivity index (χ1v) is 6.69. The molecule has 21 heavy (non-hydrogen) atoms. The van der Waals surface area contributed by atoms with Gasteiger partial charge in [-0.15, -0.1) is 0 Å². The number of urea groups is 1. The predicted molar refractivity (Wildman–Crippen MR) is 80.2 cm³/mol. The molecule has 1 aliphatic rings. The summed E-state index contributed by atoms with van der Waals surface area (Å²) < 4.78 is 0. The van der Waals surface area contributed by atoms with Gasteiger partial charge < -0.3 is 10.6 Å². The van der Waals surface area contributed by atoms with E-state index >= 15 is 0 Å². The van der Waals surface area contributed by atoms with Crippen LogP contribution < -0.4 is 10.6 Å². The largest absolute Gasteiger partial charge is 0.332 e. The van der Waals surface area contributed by atoms with Crippen molar-refractivity contribution in [3.8, 4) is 0 Å². The molecular weight excluding hydrogens is 268 g/mol. The number of imide groups is 1. The highest BCUT2D eigenvalue weighted by Crippen LogP contribution is 2.33. The molecule has 1 aromatic rings. The molecule has 0 atom stereocenters. The van der Waals surface area contributed by atoms with Gasteiger partial charge in [-0.3, -0.25) is 4.79 Å². The highest BCUT2D eigenvalue weighted by atomic mass is 16.2. The van der Waals surface area contributed by atoms with Crippen LogP contribution in [-0.4, -0.2) is 35.5 Å². The Hall–Kier alpha value is -2.39. The van der Waals surface area contributed by atoms with Gasteiger partial charge in [-0.25, -0.2) is 14.5 Å². The van der Waals surface area contributed by atoms with Crippen LogP contribution in [0.1, 0.15) is 19.4 Å². The lowest BCUT2D eigenvalue weighted by molar-refractivity contribution is -0.123. The van der Waals surface area contributed by atoms with E-state index in [0.29, 0.717) is 24.5 Å². The number of nitrogens with zero attached hydrogens (tertiary/aromatic N) is 3. The maximum atomic E-state index is 12.6. The number of amides is 3. The normalized spacial score (nSPS) is 17.3. The summed E-state index contributed by atoms with van der Waals surface area (Å²) in [4.78, 5) is 31.1. The number of carbonyl (C=O) groups excluding carboxylic acids is 2. The van der Waals surface area contributed by atoms with Gasteiger partial charge in [0.05, 0.1) is 12.3 Å². The van der Waals surface area contributed by atoms with E-state index in [1.165, 1.54) is 4.90 Å². The summed E-state index contributed by atoms with van der Waals surface area (Å²) in [5.74, 6) is -0.282. The van der Waals surface area contributed by atoms with E-state index in [0.717, 1.165) is 10.5 Å². The minimum atomic E-state index is -0.914. The SMILES string of the molecule is [C-]#[N+]c1ccc(N2C(=O)N(CCN)C(C)(C)C2=O)cc1C. The molecule has 0 saturated carbocycles. The van der Waals surface area contributed by atoms with Gasteiger partial charge in [0.2, 0.25) is 0 Å². The lowest BCUT2D eigenvalue weighted by Gasteiger charge is -2.26. The second-order valence-corrected chi connectivity index (χ2v) is 5.51. The minimum Gasteiger partial charge on any atom is -0.329 e. The first-order valence-electron chi connectivity index (χ1n) is 6.69. The number of carbonyl (C=O) groups is 2. The second kappa shape index (κ2) is 5.19. The first-order chi connectivity index (χ1) is 9.84. The monoisotopic (exact) mass is 286 g/mol. The third kappa shape index (κ3) is 2.26. The number of hydrogen-bond acceptors (Lipinski definition) is 3. The first kappa shape index (κ1) is 15.0. The second-order valence-electron chi connectivity index (χ2n) is 5.51. The Bertz CT molecular complexity index is 646. The highest BCUT2D eigenvalue weighted by molar-refractivity contribution is 6.23. The molecule has 1 saturated heterocycles. The number of aryl methyl sites for hydroxylation is 1. The lowest BCUT2D eigenvalue weighted by atomic mass is 10.0. The molecule has 1 fully saturated rings. The molecule has 1 aromatic carbocycles. The van der Waals surface area contributed by atoms with Gasteiger partial charge in [0.25, 0.3) is 5.91 Å². The number of anilines is 1. The summed E-state index contributed by atoms with van der Waals surface area (Å²) in [5.41, 5.74) is 6.35. The smallest absolute Gasteiger partial charge is 0.329 e. The van der Waals surface area contributed by atoms with E-state index in [-0.39, 0.29) is 11.9 Å². The van der Waals surface area contributed by atoms with Crippen LogP contribution in [0, 0.1) is 13.5 Å². The Morgan fingerprint density at radius 3 is 2.52 bits per heavy atom. The van der Waals surface area contributed by atoms with Crippen LogP contribution >= 0.6 is 0 Å². The van der Waals surface area contributed by atoms with E-state index in [9.17, 15) is 9.59 Å². The summed E-state index contributed by atoms with van der Waals surface area (Å²) in [6, 6.07) is 4.56. The fourth-order valence-electron chi connectivity index (χ4n) is 2.47. The molecule has 0 bridgehead atoms. The van der Waals surface area contributed by atoms with Crippen LogP contribution in [0.25, 0.3) is 4.85 Å². The van der Waals surface area contributed by atoms with Gasteiger partial charge in [0.15, 0.2) is 5.69 Å². The van der Waals surface area contributed by atoms with Crippen LogP contribution in [0.3, 0.4) is 0 Å². The van der Waals surface area contributed by atoms with Crippen LogP contribution in [-0.2, 0) is 4.79 Å². The molecule has 6 heteroatoms. The van der Waals surface area contributed by atoms with Gasteiger partial charge in [-0.1, -0.05) is 6.07 Å². The molecular formula is C15H18N4O2. The average molecular weight is 286 g/mol. The van der Waals surface area contributed by atoms with Crippen molar-refractivity contribution in [2.75, 3.05) is 18.0 Å². The van der Waals surface area contributed by atoms with Gasteiger partial charge in [0.1, 0.15) is 5.54 Å². The van der Waals surface area contributed by atoms with E-state index < -0.39 is 5.54 Å². The summed E-state index contributed by atoms with van der Waals surface area (Å²) in [7, 11) is 0. The van der Waals surface area contributed by atoms with Crippen molar-refractivity contribution in [3.05, 3.63) is 35.2 Å². The van der Waals surface area contributed by atoms with Crippen molar-refractivity contribution >= 4 is 23.3 Å². The average Bonchev–Trinajstić information content (AvgIpc) is 2.60. The van der Waals surface area contributed by atoms with Crippen molar-refractivity contribution in [2.24, 2.45) is 5.73 Å². The molecule has 0 aliphatic carbocycles. The Morgan fingerprint density at radius 1 is 1.33 bits per heavy atom. The quantitative estimate of drug-likeness (QED) is 0.683. The van der Waals surface area contributed by atoms with E-state index in [1.54, 1.807) is 39.0 Å². The Labute approximate surface area is 123 Å². The summed E-state index contributed by atoms with van der Waals surface area (Å²) >= 11 is 0. The predicted octanol–water partition coefficient (Wildman–Crippen LogP) is 2.05. The molecule has 0 spiro atoms. The van der Waals surface area contributed by atoms with Crippen LogP contribution in [0.2, 0.25) is 0 Å². The number of rotatable bonds is 3. The van der Waals surface area contributed by atoms with Crippen molar-refractivity contribution in [2.45, 2.75) is 26.3 Å². The topological polar surface area (TPSA) is 71.0 Å². The fourth-order valence-corrected chi connectivity index (χ4v) is 2.47. The number of benzene rings is 1. The maximum absolute atomic E-state index is 12.6. The van der Waals surface area contributed by atoms with Crippen LogP contribution in [0.4, 0.5) is 16.2 Å². The van der Waals surface area contributed by atoms with E-state index in [1.807, 2.05) is 0 Å². The lowest BCUT2D eigenvalue weighted by Crippen LogP contribution is -2.46. The third-order valence-electron chi connectivity index (χ3n) is 3.74. The van der Waals surface area contributed by atoms with Gasteiger partial charge in [0, 0.05) is 13.1 Å². The Balaban J connectivity index is 2.45. The molecule has 1 heterocycles. The molecule has 0 radical (unpaired) electrons. The minimum absolute atomic E-state index is 0.282. The van der Waals surface area contributed by atoms with E-state index in [4.69, 9.17) is 12.3 Å². The zero-order chi connectivity index (χ0) is 15.8. The zero-order valence-electron chi connectivity index (χ0n) is 12.4. The highest BCUT2D eigenvalue weighted by Gasteiger charge is 2.51. The Kier molecular flexibility index (Phi) is 3.71. The number of hydrogen-bond donors (Lipinski definition) is 1. The Morgan fingerprint density at radius 2 is 2.00 bits per heavy atom. The molecule has 1 aliphatic heterocycles. The van der Waals surface area contributed by atoms with E-state index in [2.05, 4.69) is 4.85 Å². The van der Waals surface area contributed by atoms with Crippen molar-refractivity contribution in [1.29, 1.82) is 0 Å². The molecule has 0 unspecified atom stereocenters. The summed E-state index contributed by atoms with van der Waals surface area (Å²) in [6.45, 7) is 12.9. The van der Waals surface area contributed by atoms with Crippen molar-refractivity contribution in [3.63, 3.8) is 0 Å². The molecule has 110 valence electrons. The molecule has 2 rings (SSSR count). The van der Waals surface area contributed by atoms with Crippen LogP contribution in [0.15, 0.2) is 18.2 Å². The van der Waals surface area contributed by atoms with Crippen molar-refractivity contribution in [1.82, 2.24) is 4.90 Å². The molecule has 3 amide bonds. The van der Waals surface area contributed by atoms with Gasteiger partial charge >= 0.3 is 6.03 Å². The zero-order valence-corrected chi connectivity index (χ0v) is 12.4. The maximum Gasteiger partial charge on any atom is 0.332 e. The standard InChI is InChI=1S/C15H18N4O2/c1-10-9-11(5-6-12(10)17-4)19-13(20)15(2,3)18(8-7-16)14(19)21/h5-6,9H,7-8,16H2,1-3H3. The fraction of sp³-hybridized carbons (Fsp3) is 0.400. The number of nitrogens with two attached hydrogens (primary N) is 1. The van der Waals surface area contributed by atoms with Crippen LogP contribution in [0.5, 0.6) is 0 Å². The van der Waals surface area contributed by atoms with Gasteiger partial charge in [-0.2, -0.15) is 0 Å². The third-order valence-corrected chi connectivity index (χ3v) is 3.74. The van der Waals surface area contributed by atoms with Gasteiger partial charge in [-0.05, 0) is 38.5 Å². The summed E-state index contributed by atoms with van der Waals surface area (Å²) in [6.07, 6.45) is 0. The molecule has 6 nitrogen and oxygen atoms in total. The molecule has 2 N–H and O–H groups in total. The molecule has 0 aromatic heterocycles.